The summed E-state index contributed by atoms with van der Waals surface area (Å²) in [6, 6.07) is 14.9. The molecule has 3 aromatic carbocycles. The van der Waals surface area contributed by atoms with Crippen LogP contribution in [0.25, 0.3) is 0 Å². The second-order valence-electron chi connectivity index (χ2n) is 7.26. The fourth-order valence-corrected chi connectivity index (χ4v) is 3.12. The third-order valence-corrected chi connectivity index (χ3v) is 4.92. The first-order chi connectivity index (χ1) is 17.3. The van der Waals surface area contributed by atoms with Gasteiger partial charge in [-0.05, 0) is 53.6 Å². The molecule has 0 aliphatic heterocycles. The van der Waals surface area contributed by atoms with E-state index in [2.05, 4.69) is 10.5 Å². The van der Waals surface area contributed by atoms with Gasteiger partial charge in [-0.25, -0.2) is 10.2 Å². The highest BCUT2D eigenvalue weighted by Crippen LogP contribution is 2.29. The molecule has 0 radical (unpaired) electrons. The number of nitro groups is 1. The predicted molar refractivity (Wildman–Crippen MR) is 130 cm³/mol. The van der Waals surface area contributed by atoms with Gasteiger partial charge in [-0.2, -0.15) is 5.10 Å². The Morgan fingerprint density at radius 1 is 0.889 bits per heavy atom. The van der Waals surface area contributed by atoms with Crippen LogP contribution >= 0.6 is 0 Å². The van der Waals surface area contributed by atoms with Crippen molar-refractivity contribution in [3.8, 4) is 23.0 Å². The summed E-state index contributed by atoms with van der Waals surface area (Å²) < 4.78 is 21.1. The van der Waals surface area contributed by atoms with Crippen molar-refractivity contribution in [3.05, 3.63) is 87.5 Å². The van der Waals surface area contributed by atoms with Gasteiger partial charge < -0.3 is 18.9 Å². The number of hydrogen-bond acceptors (Lipinski definition) is 9. The fourth-order valence-electron chi connectivity index (χ4n) is 3.12. The van der Waals surface area contributed by atoms with Gasteiger partial charge in [0, 0.05) is 12.1 Å². The average Bonchev–Trinajstić information content (AvgIpc) is 2.89. The number of nitro benzene ring substituents is 1. The number of non-ortho nitro benzene ring substituents is 1. The molecule has 186 valence electrons. The third-order valence-electron chi connectivity index (χ3n) is 4.92. The number of rotatable bonds is 10. The number of esters is 1. The van der Waals surface area contributed by atoms with Gasteiger partial charge in [0.15, 0.2) is 23.0 Å². The summed E-state index contributed by atoms with van der Waals surface area (Å²) in [5, 5.41) is 14.7. The Bertz CT molecular complexity index is 1290. The van der Waals surface area contributed by atoms with Gasteiger partial charge in [0.1, 0.15) is 0 Å². The van der Waals surface area contributed by atoms with E-state index in [9.17, 15) is 19.7 Å². The molecule has 11 nitrogen and oxygen atoms in total. The van der Waals surface area contributed by atoms with E-state index in [4.69, 9.17) is 18.9 Å². The molecule has 0 atom stereocenters. The minimum absolute atomic E-state index is 0.0819. The predicted octanol–water partition coefficient (Wildman–Crippen LogP) is 3.53. The van der Waals surface area contributed by atoms with Gasteiger partial charge in [-0.3, -0.25) is 14.9 Å². The second kappa shape index (κ2) is 12.0. The zero-order valence-corrected chi connectivity index (χ0v) is 19.7. The first kappa shape index (κ1) is 25.7. The molecule has 0 unspecified atom stereocenters. The van der Waals surface area contributed by atoms with E-state index in [-0.39, 0.29) is 35.1 Å². The topological polar surface area (TPSA) is 139 Å². The molecule has 36 heavy (non-hydrogen) atoms. The molecule has 11 heteroatoms. The van der Waals surface area contributed by atoms with E-state index in [1.165, 1.54) is 57.9 Å². The van der Waals surface area contributed by atoms with Crippen LogP contribution in [-0.4, -0.2) is 44.3 Å². The van der Waals surface area contributed by atoms with Gasteiger partial charge in [-0.1, -0.05) is 6.07 Å². The van der Waals surface area contributed by atoms with E-state index in [0.29, 0.717) is 17.1 Å². The van der Waals surface area contributed by atoms with Crippen LogP contribution in [-0.2, 0) is 11.2 Å². The number of nitrogens with one attached hydrogen (secondary N) is 1. The molecule has 0 spiro atoms. The highest BCUT2D eigenvalue weighted by molar-refractivity contribution is 5.92. The molecular weight excluding hydrogens is 470 g/mol. The summed E-state index contributed by atoms with van der Waals surface area (Å²) in [6.07, 6.45) is 1.50. The largest absolute Gasteiger partial charge is 0.493 e. The number of hydrogen-bond donors (Lipinski definition) is 1. The minimum atomic E-state index is -0.702. The molecule has 0 aromatic heterocycles. The van der Waals surface area contributed by atoms with Crippen LogP contribution in [0.15, 0.2) is 65.8 Å². The van der Waals surface area contributed by atoms with Gasteiger partial charge >= 0.3 is 5.97 Å². The van der Waals surface area contributed by atoms with Crippen LogP contribution in [0.5, 0.6) is 23.0 Å². The van der Waals surface area contributed by atoms with Crippen LogP contribution in [0.1, 0.15) is 21.5 Å². The Kier molecular flexibility index (Phi) is 8.54. The van der Waals surface area contributed by atoms with Crippen molar-refractivity contribution in [2.24, 2.45) is 5.10 Å². The van der Waals surface area contributed by atoms with Crippen LogP contribution in [0.2, 0.25) is 0 Å². The van der Waals surface area contributed by atoms with E-state index >= 15 is 0 Å². The van der Waals surface area contributed by atoms with E-state index < -0.39 is 10.9 Å². The van der Waals surface area contributed by atoms with Crippen LogP contribution in [0.3, 0.4) is 0 Å². The standard InChI is InChI=1S/C25H23N3O8/c1-33-20-10-4-16(12-22(20)34-2)14-24(29)27-26-15-17-5-11-21(23(13-17)35-3)36-25(30)18-6-8-19(9-7-18)28(31)32/h4-13,15H,14H2,1-3H3,(H,27,29)/b26-15+. The number of amides is 1. The molecule has 0 saturated carbocycles. The smallest absolute Gasteiger partial charge is 0.343 e. The first-order valence-corrected chi connectivity index (χ1v) is 10.5. The Morgan fingerprint density at radius 3 is 2.17 bits per heavy atom. The average molecular weight is 493 g/mol. The van der Waals surface area contributed by atoms with E-state index in [1.54, 1.807) is 30.3 Å². The summed E-state index contributed by atoms with van der Waals surface area (Å²) in [6.45, 7) is 0. The van der Waals surface area contributed by atoms with Gasteiger partial charge in [0.05, 0.1) is 44.5 Å². The highest BCUT2D eigenvalue weighted by atomic mass is 16.6. The summed E-state index contributed by atoms with van der Waals surface area (Å²) in [7, 11) is 4.45. The maximum Gasteiger partial charge on any atom is 0.343 e. The van der Waals surface area contributed by atoms with Crippen molar-refractivity contribution in [1.82, 2.24) is 5.43 Å². The van der Waals surface area contributed by atoms with Crippen LogP contribution in [0, 0.1) is 10.1 Å². The molecule has 0 heterocycles. The van der Waals surface area contributed by atoms with Gasteiger partial charge in [0.25, 0.3) is 5.69 Å². The van der Waals surface area contributed by atoms with Crippen LogP contribution in [0.4, 0.5) is 5.69 Å². The Balaban J connectivity index is 1.61. The maximum absolute atomic E-state index is 12.4. The highest BCUT2D eigenvalue weighted by Gasteiger charge is 2.15. The van der Waals surface area contributed by atoms with Crippen molar-refractivity contribution >= 4 is 23.8 Å². The zero-order valence-electron chi connectivity index (χ0n) is 19.7. The second-order valence-corrected chi connectivity index (χ2v) is 7.26. The van der Waals surface area contributed by atoms with Crippen molar-refractivity contribution in [2.45, 2.75) is 6.42 Å². The van der Waals surface area contributed by atoms with Crippen molar-refractivity contribution in [1.29, 1.82) is 0 Å². The lowest BCUT2D eigenvalue weighted by Gasteiger charge is -2.10. The number of benzene rings is 3. The fraction of sp³-hybridized carbons (Fsp3) is 0.160. The number of hydrazone groups is 1. The number of carbonyl (C=O) groups is 2. The van der Waals surface area contributed by atoms with Crippen molar-refractivity contribution < 1.29 is 33.5 Å². The van der Waals surface area contributed by atoms with Crippen molar-refractivity contribution in [2.75, 3.05) is 21.3 Å². The zero-order chi connectivity index (χ0) is 26.1. The first-order valence-electron chi connectivity index (χ1n) is 10.5. The lowest BCUT2D eigenvalue weighted by molar-refractivity contribution is -0.384. The molecule has 1 amide bonds. The molecule has 0 aliphatic carbocycles. The Labute approximate surface area is 206 Å². The van der Waals surface area contributed by atoms with E-state index in [0.717, 1.165) is 5.56 Å². The maximum atomic E-state index is 12.4. The molecule has 1 N–H and O–H groups in total. The summed E-state index contributed by atoms with van der Waals surface area (Å²) >= 11 is 0. The third kappa shape index (κ3) is 6.56. The van der Waals surface area contributed by atoms with Crippen LogP contribution < -0.4 is 24.4 Å². The molecule has 0 aliphatic rings. The van der Waals surface area contributed by atoms with Gasteiger partial charge in [0.2, 0.25) is 5.91 Å². The SMILES string of the molecule is COc1ccc(CC(=O)N/N=C/c2ccc(OC(=O)c3ccc([N+](=O)[O-])cc3)c(OC)c2)cc1OC. The molecule has 0 fully saturated rings. The lowest BCUT2D eigenvalue weighted by Crippen LogP contribution is -2.19. The number of ether oxygens (including phenoxy) is 4. The quantitative estimate of drug-likeness (QED) is 0.149. The molecule has 0 saturated heterocycles. The number of methoxy groups -OCH3 is 3. The van der Waals surface area contributed by atoms with E-state index in [1.807, 2.05) is 0 Å². The van der Waals surface area contributed by atoms with Crippen molar-refractivity contribution in [3.63, 3.8) is 0 Å². The summed E-state index contributed by atoms with van der Waals surface area (Å²) in [5.74, 6) is 0.454. The molecule has 3 rings (SSSR count). The Hall–Kier alpha value is -4.93. The lowest BCUT2D eigenvalue weighted by atomic mass is 10.1. The molecule has 0 bridgehead atoms. The number of nitrogens with zero attached hydrogens (tertiary/aromatic N) is 2. The van der Waals surface area contributed by atoms with Gasteiger partial charge in [-0.15, -0.1) is 0 Å². The molecular formula is C25H23N3O8. The normalized spacial score (nSPS) is 10.5. The summed E-state index contributed by atoms with van der Waals surface area (Å²) in [4.78, 5) is 34.8. The molecule has 3 aromatic rings. The monoisotopic (exact) mass is 493 g/mol. The number of carbonyl (C=O) groups excluding carboxylic acids is 2. The minimum Gasteiger partial charge on any atom is -0.493 e. The summed E-state index contributed by atoms with van der Waals surface area (Å²) in [5.41, 5.74) is 3.76. The Morgan fingerprint density at radius 2 is 1.53 bits per heavy atom.